The standard InChI is InChI=1S/C17H20N6O/c1-2-24-17-9-15(20-12-21-17)22-14-5-7-23(8-6-14)16-4-3-13(10-18)11-19-16/h3-4,9,11-12,14H,2,5-8H2,1H3,(H,20,21,22). The van der Waals surface area contributed by atoms with Gasteiger partial charge in [0.1, 0.15) is 24.0 Å². The molecule has 0 atom stereocenters. The number of rotatable bonds is 5. The predicted molar refractivity (Wildman–Crippen MR) is 91.0 cm³/mol. The van der Waals surface area contributed by atoms with Crippen LogP contribution in [0.1, 0.15) is 25.3 Å². The van der Waals surface area contributed by atoms with Crippen molar-refractivity contribution in [1.29, 1.82) is 5.26 Å². The van der Waals surface area contributed by atoms with Crippen molar-refractivity contribution in [3.8, 4) is 11.9 Å². The number of nitrogens with one attached hydrogen (secondary N) is 1. The maximum atomic E-state index is 8.84. The van der Waals surface area contributed by atoms with Gasteiger partial charge in [0, 0.05) is 31.4 Å². The smallest absolute Gasteiger partial charge is 0.218 e. The normalized spacial score (nSPS) is 14.9. The van der Waals surface area contributed by atoms with E-state index in [1.165, 1.54) is 6.33 Å². The molecule has 2 aromatic heterocycles. The lowest BCUT2D eigenvalue weighted by Crippen LogP contribution is -2.39. The molecule has 1 aliphatic rings. The zero-order chi connectivity index (χ0) is 16.8. The van der Waals surface area contributed by atoms with Gasteiger partial charge in [-0.15, -0.1) is 0 Å². The average Bonchev–Trinajstić information content (AvgIpc) is 2.63. The van der Waals surface area contributed by atoms with Crippen LogP contribution in [0.2, 0.25) is 0 Å². The molecule has 0 amide bonds. The highest BCUT2D eigenvalue weighted by atomic mass is 16.5. The topological polar surface area (TPSA) is 87.0 Å². The molecule has 0 spiro atoms. The van der Waals surface area contributed by atoms with E-state index in [-0.39, 0.29) is 0 Å². The first-order valence-electron chi connectivity index (χ1n) is 8.11. The van der Waals surface area contributed by atoms with Gasteiger partial charge in [0.2, 0.25) is 5.88 Å². The van der Waals surface area contributed by atoms with Crippen LogP contribution in [0.25, 0.3) is 0 Å². The molecular formula is C17H20N6O. The second-order valence-corrected chi connectivity index (χ2v) is 5.60. The van der Waals surface area contributed by atoms with Gasteiger partial charge in [-0.05, 0) is 31.9 Å². The third-order valence-electron chi connectivity index (χ3n) is 3.98. The lowest BCUT2D eigenvalue weighted by molar-refractivity contribution is 0.326. The average molecular weight is 324 g/mol. The molecule has 0 radical (unpaired) electrons. The Morgan fingerprint density at radius 3 is 2.79 bits per heavy atom. The number of ether oxygens (including phenoxy) is 1. The van der Waals surface area contributed by atoms with Crippen LogP contribution in [0.5, 0.6) is 5.88 Å². The van der Waals surface area contributed by atoms with Crippen LogP contribution in [0.4, 0.5) is 11.6 Å². The van der Waals surface area contributed by atoms with Gasteiger partial charge < -0.3 is 15.0 Å². The highest BCUT2D eigenvalue weighted by Gasteiger charge is 2.20. The molecule has 0 bridgehead atoms. The van der Waals surface area contributed by atoms with Gasteiger partial charge in [0.05, 0.1) is 12.2 Å². The summed E-state index contributed by atoms with van der Waals surface area (Å²) in [6.07, 6.45) is 5.13. The minimum absolute atomic E-state index is 0.365. The molecule has 3 rings (SSSR count). The summed E-state index contributed by atoms with van der Waals surface area (Å²) in [7, 11) is 0. The summed E-state index contributed by atoms with van der Waals surface area (Å²) < 4.78 is 5.40. The minimum atomic E-state index is 0.365. The number of anilines is 2. The zero-order valence-corrected chi connectivity index (χ0v) is 13.6. The van der Waals surface area contributed by atoms with E-state index in [0.29, 0.717) is 24.1 Å². The van der Waals surface area contributed by atoms with Gasteiger partial charge in [-0.3, -0.25) is 0 Å². The number of nitrogens with zero attached hydrogens (tertiary/aromatic N) is 5. The molecule has 7 nitrogen and oxygen atoms in total. The summed E-state index contributed by atoms with van der Waals surface area (Å²) in [6.45, 7) is 4.36. The SMILES string of the molecule is CCOc1cc(NC2CCN(c3ccc(C#N)cn3)CC2)ncn1. The van der Waals surface area contributed by atoms with Crippen molar-refractivity contribution in [1.82, 2.24) is 15.0 Å². The molecule has 7 heteroatoms. The molecule has 3 heterocycles. The summed E-state index contributed by atoms with van der Waals surface area (Å²) in [5.41, 5.74) is 0.587. The van der Waals surface area contributed by atoms with Crippen LogP contribution in [-0.4, -0.2) is 40.7 Å². The number of hydrogen-bond donors (Lipinski definition) is 1. The number of pyridine rings is 1. The molecule has 24 heavy (non-hydrogen) atoms. The highest BCUT2D eigenvalue weighted by Crippen LogP contribution is 2.21. The van der Waals surface area contributed by atoms with Crippen LogP contribution in [-0.2, 0) is 0 Å². The highest BCUT2D eigenvalue weighted by molar-refractivity contribution is 5.43. The molecular weight excluding hydrogens is 304 g/mol. The van der Waals surface area contributed by atoms with Crippen LogP contribution >= 0.6 is 0 Å². The third-order valence-corrected chi connectivity index (χ3v) is 3.98. The quantitative estimate of drug-likeness (QED) is 0.902. The molecule has 2 aromatic rings. The Balaban J connectivity index is 1.55. The van der Waals surface area contributed by atoms with Gasteiger partial charge in [-0.2, -0.15) is 5.26 Å². The molecule has 1 aliphatic heterocycles. The number of nitriles is 1. The molecule has 1 fully saturated rings. The van der Waals surface area contributed by atoms with Gasteiger partial charge in [0.25, 0.3) is 0 Å². The van der Waals surface area contributed by atoms with Crippen molar-refractivity contribution in [2.24, 2.45) is 0 Å². The lowest BCUT2D eigenvalue weighted by Gasteiger charge is -2.33. The van der Waals surface area contributed by atoms with E-state index in [2.05, 4.69) is 31.2 Å². The van der Waals surface area contributed by atoms with Crippen molar-refractivity contribution >= 4 is 11.6 Å². The Labute approximate surface area is 141 Å². The van der Waals surface area contributed by atoms with Crippen molar-refractivity contribution in [2.45, 2.75) is 25.8 Å². The van der Waals surface area contributed by atoms with Crippen LogP contribution in [0.3, 0.4) is 0 Å². The summed E-state index contributed by atoms with van der Waals surface area (Å²) >= 11 is 0. The Hall–Kier alpha value is -2.88. The van der Waals surface area contributed by atoms with E-state index in [1.807, 2.05) is 25.1 Å². The summed E-state index contributed by atoms with van der Waals surface area (Å²) in [4.78, 5) is 14.9. The Morgan fingerprint density at radius 1 is 1.29 bits per heavy atom. The third kappa shape index (κ3) is 3.90. The van der Waals surface area contributed by atoms with Gasteiger partial charge in [-0.25, -0.2) is 15.0 Å². The van der Waals surface area contributed by atoms with E-state index in [9.17, 15) is 0 Å². The van der Waals surface area contributed by atoms with Crippen LogP contribution in [0, 0.1) is 11.3 Å². The Kier molecular flexibility index (Phi) is 5.06. The summed E-state index contributed by atoms with van der Waals surface area (Å²) in [5, 5.41) is 12.3. The van der Waals surface area contributed by atoms with Crippen molar-refractivity contribution in [3.63, 3.8) is 0 Å². The van der Waals surface area contributed by atoms with Gasteiger partial charge in [-0.1, -0.05) is 0 Å². The van der Waals surface area contributed by atoms with E-state index >= 15 is 0 Å². The van der Waals surface area contributed by atoms with Crippen molar-refractivity contribution in [3.05, 3.63) is 36.3 Å². The fraction of sp³-hybridized carbons (Fsp3) is 0.412. The van der Waals surface area contributed by atoms with Crippen molar-refractivity contribution in [2.75, 3.05) is 29.9 Å². The Morgan fingerprint density at radius 2 is 2.12 bits per heavy atom. The first-order valence-corrected chi connectivity index (χ1v) is 8.11. The van der Waals surface area contributed by atoms with E-state index in [1.54, 1.807) is 6.20 Å². The molecule has 124 valence electrons. The first kappa shape index (κ1) is 16.0. The second-order valence-electron chi connectivity index (χ2n) is 5.60. The molecule has 1 saturated heterocycles. The number of aromatic nitrogens is 3. The van der Waals surface area contributed by atoms with Crippen LogP contribution < -0.4 is 15.0 Å². The number of piperidine rings is 1. The second kappa shape index (κ2) is 7.59. The molecule has 1 N–H and O–H groups in total. The molecule has 0 aromatic carbocycles. The maximum absolute atomic E-state index is 8.84. The summed E-state index contributed by atoms with van der Waals surface area (Å²) in [6, 6.07) is 8.00. The maximum Gasteiger partial charge on any atom is 0.218 e. The van der Waals surface area contributed by atoms with Crippen LogP contribution in [0.15, 0.2) is 30.7 Å². The van der Waals surface area contributed by atoms with E-state index < -0.39 is 0 Å². The largest absolute Gasteiger partial charge is 0.478 e. The predicted octanol–water partition coefficient (Wildman–Crippen LogP) is 2.22. The fourth-order valence-corrected chi connectivity index (χ4v) is 2.75. The first-order chi connectivity index (χ1) is 11.8. The lowest BCUT2D eigenvalue weighted by atomic mass is 10.0. The molecule has 0 unspecified atom stereocenters. The van der Waals surface area contributed by atoms with Gasteiger partial charge >= 0.3 is 0 Å². The monoisotopic (exact) mass is 324 g/mol. The minimum Gasteiger partial charge on any atom is -0.478 e. The Bertz CT molecular complexity index is 704. The summed E-state index contributed by atoms with van der Waals surface area (Å²) in [5.74, 6) is 2.31. The molecule has 0 saturated carbocycles. The van der Waals surface area contributed by atoms with Gasteiger partial charge in [0.15, 0.2) is 0 Å². The molecule has 0 aliphatic carbocycles. The number of hydrogen-bond acceptors (Lipinski definition) is 7. The zero-order valence-electron chi connectivity index (χ0n) is 13.6. The van der Waals surface area contributed by atoms with E-state index in [0.717, 1.165) is 37.6 Å². The fourth-order valence-electron chi connectivity index (χ4n) is 2.75. The van der Waals surface area contributed by atoms with E-state index in [4.69, 9.17) is 10.00 Å². The van der Waals surface area contributed by atoms with Crippen molar-refractivity contribution < 1.29 is 4.74 Å².